The van der Waals surface area contributed by atoms with Crippen LogP contribution in [0.3, 0.4) is 0 Å². The number of aryl methyl sites for hydroxylation is 3. The van der Waals surface area contributed by atoms with Gasteiger partial charge in [0.05, 0.1) is 5.69 Å². The number of benzene rings is 1. The standard InChI is InChI=1S/C15H22N4/c1-12-3-5-13(6-4-12)7-8-14(17-16)11-15-9-10-19(2)18-15/h3-6,9-10,14,17H,7-8,11,16H2,1-2H3. The van der Waals surface area contributed by atoms with Gasteiger partial charge in [-0.3, -0.25) is 16.0 Å². The van der Waals surface area contributed by atoms with Crippen LogP contribution in [-0.2, 0) is 19.9 Å². The third-order valence-electron chi connectivity index (χ3n) is 3.36. The molecule has 0 spiro atoms. The molecule has 3 N–H and O–H groups in total. The minimum Gasteiger partial charge on any atom is -0.276 e. The molecular formula is C15H22N4. The summed E-state index contributed by atoms with van der Waals surface area (Å²) in [6.07, 6.45) is 4.87. The molecule has 1 atom stereocenters. The van der Waals surface area contributed by atoms with E-state index in [-0.39, 0.29) is 6.04 Å². The molecule has 1 unspecified atom stereocenters. The smallest absolute Gasteiger partial charge is 0.0640 e. The van der Waals surface area contributed by atoms with E-state index in [9.17, 15) is 0 Å². The highest BCUT2D eigenvalue weighted by Gasteiger charge is 2.09. The Hall–Kier alpha value is -1.65. The second-order valence-electron chi connectivity index (χ2n) is 5.07. The maximum atomic E-state index is 5.63. The summed E-state index contributed by atoms with van der Waals surface area (Å²) in [6, 6.07) is 11.0. The zero-order chi connectivity index (χ0) is 13.7. The maximum absolute atomic E-state index is 5.63. The topological polar surface area (TPSA) is 55.9 Å². The molecule has 0 fully saturated rings. The number of rotatable bonds is 6. The molecule has 2 rings (SSSR count). The summed E-state index contributed by atoms with van der Waals surface area (Å²) in [5.74, 6) is 5.63. The molecular weight excluding hydrogens is 236 g/mol. The van der Waals surface area contributed by atoms with Gasteiger partial charge >= 0.3 is 0 Å². The first kappa shape index (κ1) is 13.8. The zero-order valence-corrected chi connectivity index (χ0v) is 11.6. The van der Waals surface area contributed by atoms with Crippen molar-refractivity contribution < 1.29 is 0 Å². The number of hydrogen-bond acceptors (Lipinski definition) is 3. The van der Waals surface area contributed by atoms with E-state index in [0.717, 1.165) is 25.0 Å². The average Bonchev–Trinajstić information content (AvgIpc) is 2.82. The van der Waals surface area contributed by atoms with E-state index in [1.54, 1.807) is 0 Å². The fraction of sp³-hybridized carbons (Fsp3) is 0.400. The Balaban J connectivity index is 1.87. The van der Waals surface area contributed by atoms with Crippen LogP contribution in [0.25, 0.3) is 0 Å². The molecule has 0 saturated carbocycles. The zero-order valence-electron chi connectivity index (χ0n) is 11.6. The highest BCUT2D eigenvalue weighted by Crippen LogP contribution is 2.09. The molecule has 0 aliphatic heterocycles. The third-order valence-corrected chi connectivity index (χ3v) is 3.36. The Morgan fingerprint density at radius 1 is 1.26 bits per heavy atom. The van der Waals surface area contributed by atoms with Crippen molar-refractivity contribution >= 4 is 0 Å². The van der Waals surface area contributed by atoms with Crippen LogP contribution in [0.1, 0.15) is 23.2 Å². The Morgan fingerprint density at radius 2 is 2.00 bits per heavy atom. The molecule has 4 nitrogen and oxygen atoms in total. The number of nitrogens with one attached hydrogen (secondary N) is 1. The van der Waals surface area contributed by atoms with Crippen molar-refractivity contribution in [1.29, 1.82) is 0 Å². The van der Waals surface area contributed by atoms with Crippen molar-refractivity contribution in [2.24, 2.45) is 12.9 Å². The lowest BCUT2D eigenvalue weighted by molar-refractivity contribution is 0.485. The summed E-state index contributed by atoms with van der Waals surface area (Å²) in [7, 11) is 1.93. The molecule has 0 aliphatic rings. The Labute approximate surface area is 114 Å². The predicted octanol–water partition coefficient (Wildman–Crippen LogP) is 1.74. The van der Waals surface area contributed by atoms with Gasteiger partial charge in [-0.15, -0.1) is 0 Å². The largest absolute Gasteiger partial charge is 0.276 e. The average molecular weight is 258 g/mol. The molecule has 1 aromatic heterocycles. The van der Waals surface area contributed by atoms with Crippen LogP contribution >= 0.6 is 0 Å². The molecule has 0 radical (unpaired) electrons. The van der Waals surface area contributed by atoms with Gasteiger partial charge in [0.1, 0.15) is 0 Å². The minimum atomic E-state index is 0.260. The number of nitrogens with two attached hydrogens (primary N) is 1. The van der Waals surface area contributed by atoms with Crippen molar-refractivity contribution in [3.63, 3.8) is 0 Å². The van der Waals surface area contributed by atoms with Crippen LogP contribution in [0.15, 0.2) is 36.5 Å². The van der Waals surface area contributed by atoms with Crippen LogP contribution in [0.5, 0.6) is 0 Å². The molecule has 0 aliphatic carbocycles. The highest BCUT2D eigenvalue weighted by molar-refractivity contribution is 5.21. The van der Waals surface area contributed by atoms with Gasteiger partial charge in [0, 0.05) is 25.7 Å². The Kier molecular flexibility index (Phi) is 4.71. The Morgan fingerprint density at radius 3 is 2.58 bits per heavy atom. The van der Waals surface area contributed by atoms with Crippen molar-refractivity contribution in [3.05, 3.63) is 53.3 Å². The molecule has 0 saturated heterocycles. The van der Waals surface area contributed by atoms with Gasteiger partial charge in [-0.05, 0) is 31.4 Å². The van der Waals surface area contributed by atoms with Crippen LogP contribution in [0.4, 0.5) is 0 Å². The highest BCUT2D eigenvalue weighted by atomic mass is 15.3. The van der Waals surface area contributed by atoms with E-state index >= 15 is 0 Å². The lowest BCUT2D eigenvalue weighted by Crippen LogP contribution is -2.37. The lowest BCUT2D eigenvalue weighted by Gasteiger charge is -2.14. The summed E-state index contributed by atoms with van der Waals surface area (Å²) < 4.78 is 1.82. The summed E-state index contributed by atoms with van der Waals surface area (Å²) >= 11 is 0. The summed E-state index contributed by atoms with van der Waals surface area (Å²) in [6.45, 7) is 2.11. The van der Waals surface area contributed by atoms with Gasteiger partial charge in [-0.1, -0.05) is 29.8 Å². The first-order valence-corrected chi connectivity index (χ1v) is 6.67. The molecule has 0 bridgehead atoms. The van der Waals surface area contributed by atoms with E-state index in [4.69, 9.17) is 5.84 Å². The van der Waals surface area contributed by atoms with Gasteiger partial charge in [0.2, 0.25) is 0 Å². The van der Waals surface area contributed by atoms with Gasteiger partial charge in [0.15, 0.2) is 0 Å². The number of aromatic nitrogens is 2. The molecule has 4 heteroatoms. The summed E-state index contributed by atoms with van der Waals surface area (Å²) in [5.41, 5.74) is 6.62. The summed E-state index contributed by atoms with van der Waals surface area (Å²) in [5, 5.41) is 4.39. The van der Waals surface area contributed by atoms with Crippen molar-refractivity contribution in [3.8, 4) is 0 Å². The van der Waals surface area contributed by atoms with Crippen molar-refractivity contribution in [2.45, 2.75) is 32.2 Å². The van der Waals surface area contributed by atoms with Gasteiger partial charge < -0.3 is 0 Å². The predicted molar refractivity (Wildman–Crippen MR) is 77.5 cm³/mol. The fourth-order valence-electron chi connectivity index (χ4n) is 2.16. The second-order valence-corrected chi connectivity index (χ2v) is 5.07. The number of hydrazine groups is 1. The number of nitrogens with zero attached hydrogens (tertiary/aromatic N) is 2. The van der Waals surface area contributed by atoms with Crippen LogP contribution in [0, 0.1) is 6.92 Å². The second kappa shape index (κ2) is 6.50. The maximum Gasteiger partial charge on any atom is 0.0640 e. The first-order chi connectivity index (χ1) is 9.17. The van der Waals surface area contributed by atoms with Gasteiger partial charge in [0.25, 0.3) is 0 Å². The molecule has 102 valence electrons. The van der Waals surface area contributed by atoms with E-state index in [1.807, 2.05) is 24.0 Å². The molecule has 2 aromatic rings. The van der Waals surface area contributed by atoms with Gasteiger partial charge in [-0.25, -0.2) is 0 Å². The Bertz CT molecular complexity index is 501. The van der Waals surface area contributed by atoms with Crippen molar-refractivity contribution in [1.82, 2.24) is 15.2 Å². The molecule has 1 heterocycles. The molecule has 0 amide bonds. The van der Waals surface area contributed by atoms with Crippen LogP contribution < -0.4 is 11.3 Å². The third kappa shape index (κ3) is 4.19. The van der Waals surface area contributed by atoms with E-state index < -0.39 is 0 Å². The van der Waals surface area contributed by atoms with E-state index in [1.165, 1.54) is 11.1 Å². The first-order valence-electron chi connectivity index (χ1n) is 6.67. The van der Waals surface area contributed by atoms with E-state index in [2.05, 4.69) is 41.7 Å². The van der Waals surface area contributed by atoms with E-state index in [0.29, 0.717) is 0 Å². The SMILES string of the molecule is Cc1ccc(CCC(Cc2ccn(C)n2)NN)cc1. The quantitative estimate of drug-likeness (QED) is 0.613. The van der Waals surface area contributed by atoms with Crippen LogP contribution in [0.2, 0.25) is 0 Å². The minimum absolute atomic E-state index is 0.260. The lowest BCUT2D eigenvalue weighted by atomic mass is 10.0. The normalized spacial score (nSPS) is 12.6. The molecule has 19 heavy (non-hydrogen) atoms. The van der Waals surface area contributed by atoms with Crippen molar-refractivity contribution in [2.75, 3.05) is 0 Å². The fourth-order valence-corrected chi connectivity index (χ4v) is 2.16. The summed E-state index contributed by atoms with van der Waals surface area (Å²) in [4.78, 5) is 0. The monoisotopic (exact) mass is 258 g/mol. The number of hydrogen-bond donors (Lipinski definition) is 2. The molecule has 1 aromatic carbocycles. The van der Waals surface area contributed by atoms with Gasteiger partial charge in [-0.2, -0.15) is 5.10 Å². The van der Waals surface area contributed by atoms with Crippen LogP contribution in [-0.4, -0.2) is 15.8 Å².